The topological polar surface area (TPSA) is 20.3 Å². The maximum Gasteiger partial charge on any atom is 0.263 e. The summed E-state index contributed by atoms with van der Waals surface area (Å²) in [7, 11) is 0. The van der Waals surface area contributed by atoms with Gasteiger partial charge in [0.2, 0.25) is 0 Å². The van der Waals surface area contributed by atoms with E-state index in [1.165, 1.54) is 10.4 Å². The predicted octanol–water partition coefficient (Wildman–Crippen LogP) is 3.75. The van der Waals surface area contributed by atoms with E-state index in [2.05, 4.69) is 17.5 Å². The van der Waals surface area contributed by atoms with Crippen molar-refractivity contribution in [2.75, 3.05) is 13.1 Å². The van der Waals surface area contributed by atoms with E-state index in [0.29, 0.717) is 5.92 Å². The van der Waals surface area contributed by atoms with E-state index in [0.717, 1.165) is 24.4 Å². The molecule has 1 aliphatic rings. The van der Waals surface area contributed by atoms with Gasteiger partial charge in [0.05, 0.1) is 4.88 Å². The molecule has 2 aromatic heterocycles. The van der Waals surface area contributed by atoms with Crippen molar-refractivity contribution in [3.63, 3.8) is 0 Å². The van der Waals surface area contributed by atoms with Crippen LogP contribution < -0.4 is 0 Å². The van der Waals surface area contributed by atoms with Crippen molar-refractivity contribution in [3.05, 3.63) is 44.3 Å². The second-order valence-corrected chi connectivity index (χ2v) is 6.63. The van der Waals surface area contributed by atoms with Crippen molar-refractivity contribution in [1.82, 2.24) is 4.90 Å². The average molecular weight is 277 g/mol. The van der Waals surface area contributed by atoms with Crippen molar-refractivity contribution in [2.24, 2.45) is 0 Å². The summed E-state index contributed by atoms with van der Waals surface area (Å²) in [6, 6.07) is 6.26. The van der Waals surface area contributed by atoms with Gasteiger partial charge in [-0.2, -0.15) is 0 Å². The SMILES string of the molecule is Cc1csc(C(=O)N2CCC(c3cccs3)C2)c1. The predicted molar refractivity (Wildman–Crippen MR) is 76.6 cm³/mol. The number of hydrogen-bond acceptors (Lipinski definition) is 3. The Bertz CT molecular complexity index is 544. The Morgan fingerprint density at radius 1 is 1.44 bits per heavy atom. The molecule has 0 saturated carbocycles. The van der Waals surface area contributed by atoms with Gasteiger partial charge in [0.25, 0.3) is 5.91 Å². The summed E-state index contributed by atoms with van der Waals surface area (Å²) in [5.41, 5.74) is 1.18. The molecule has 1 fully saturated rings. The highest BCUT2D eigenvalue weighted by molar-refractivity contribution is 7.12. The molecule has 1 atom stereocenters. The summed E-state index contributed by atoms with van der Waals surface area (Å²) in [5.74, 6) is 0.738. The van der Waals surface area contributed by atoms with Crippen LogP contribution in [0, 0.1) is 6.92 Å². The molecule has 3 rings (SSSR count). The second-order valence-electron chi connectivity index (χ2n) is 4.74. The van der Waals surface area contributed by atoms with Gasteiger partial charge in [-0.3, -0.25) is 4.79 Å². The molecule has 2 aromatic rings. The Balaban J connectivity index is 1.70. The highest BCUT2D eigenvalue weighted by Crippen LogP contribution is 2.31. The Morgan fingerprint density at radius 3 is 3.00 bits per heavy atom. The largest absolute Gasteiger partial charge is 0.337 e. The molecule has 0 bridgehead atoms. The van der Waals surface area contributed by atoms with E-state index < -0.39 is 0 Å². The molecular weight excluding hydrogens is 262 g/mol. The van der Waals surface area contributed by atoms with E-state index in [1.54, 1.807) is 22.7 Å². The molecule has 1 aliphatic heterocycles. The van der Waals surface area contributed by atoms with Gasteiger partial charge < -0.3 is 4.90 Å². The molecule has 3 heterocycles. The highest BCUT2D eigenvalue weighted by Gasteiger charge is 2.28. The lowest BCUT2D eigenvalue weighted by atomic mass is 10.1. The van der Waals surface area contributed by atoms with E-state index >= 15 is 0 Å². The summed E-state index contributed by atoms with van der Waals surface area (Å²) in [5, 5.41) is 4.16. The quantitative estimate of drug-likeness (QED) is 0.818. The van der Waals surface area contributed by atoms with Crippen LogP contribution in [-0.2, 0) is 0 Å². The van der Waals surface area contributed by atoms with Gasteiger partial charge in [-0.1, -0.05) is 6.07 Å². The summed E-state index contributed by atoms with van der Waals surface area (Å²) < 4.78 is 0. The highest BCUT2D eigenvalue weighted by atomic mass is 32.1. The fraction of sp³-hybridized carbons (Fsp3) is 0.357. The normalized spacial score (nSPS) is 19.4. The lowest BCUT2D eigenvalue weighted by Gasteiger charge is -2.15. The smallest absolute Gasteiger partial charge is 0.263 e. The van der Waals surface area contributed by atoms with Crippen molar-refractivity contribution < 1.29 is 4.79 Å². The molecule has 0 aromatic carbocycles. The lowest BCUT2D eigenvalue weighted by Crippen LogP contribution is -2.27. The molecule has 2 nitrogen and oxygen atoms in total. The molecule has 4 heteroatoms. The zero-order valence-electron chi connectivity index (χ0n) is 10.3. The summed E-state index contributed by atoms with van der Waals surface area (Å²) in [6.45, 7) is 3.79. The van der Waals surface area contributed by atoms with Crippen LogP contribution in [0.3, 0.4) is 0 Å². The standard InChI is InChI=1S/C14H15NOS2/c1-10-7-13(18-9-10)14(16)15-5-4-11(8-15)12-3-2-6-17-12/h2-3,6-7,9,11H,4-5,8H2,1H3. The third-order valence-electron chi connectivity index (χ3n) is 3.36. The molecule has 0 aliphatic carbocycles. The van der Waals surface area contributed by atoms with E-state index in [4.69, 9.17) is 0 Å². The molecular formula is C14H15NOS2. The van der Waals surface area contributed by atoms with Crippen LogP contribution in [0.1, 0.15) is 32.5 Å². The molecule has 1 saturated heterocycles. The fourth-order valence-corrected chi connectivity index (χ4v) is 4.12. The number of amides is 1. The zero-order chi connectivity index (χ0) is 12.5. The third-order valence-corrected chi connectivity index (χ3v) is 5.43. The average Bonchev–Trinajstić information content (AvgIpc) is 3.09. The minimum atomic E-state index is 0.201. The molecule has 0 spiro atoms. The van der Waals surface area contributed by atoms with Gasteiger partial charge in [0, 0.05) is 23.9 Å². The van der Waals surface area contributed by atoms with Gasteiger partial charge in [-0.05, 0) is 41.8 Å². The number of carbonyl (C=O) groups excluding carboxylic acids is 1. The van der Waals surface area contributed by atoms with Crippen molar-refractivity contribution in [2.45, 2.75) is 19.3 Å². The first-order valence-corrected chi connectivity index (χ1v) is 7.88. The third kappa shape index (κ3) is 2.22. The van der Waals surface area contributed by atoms with E-state index in [-0.39, 0.29) is 5.91 Å². The molecule has 0 radical (unpaired) electrons. The van der Waals surface area contributed by atoms with Crippen LogP contribution in [-0.4, -0.2) is 23.9 Å². The maximum absolute atomic E-state index is 12.3. The summed E-state index contributed by atoms with van der Waals surface area (Å²) >= 11 is 3.35. The number of rotatable bonds is 2. The van der Waals surface area contributed by atoms with Gasteiger partial charge in [0.15, 0.2) is 0 Å². The number of aryl methyl sites for hydroxylation is 1. The van der Waals surface area contributed by atoms with Crippen LogP contribution in [0.15, 0.2) is 29.0 Å². The number of hydrogen-bond donors (Lipinski definition) is 0. The van der Waals surface area contributed by atoms with Crippen LogP contribution in [0.5, 0.6) is 0 Å². The Kier molecular flexibility index (Phi) is 3.22. The van der Waals surface area contributed by atoms with Crippen LogP contribution in [0.25, 0.3) is 0 Å². The second kappa shape index (κ2) is 4.86. The van der Waals surface area contributed by atoms with Crippen molar-refractivity contribution in [3.8, 4) is 0 Å². The minimum Gasteiger partial charge on any atom is -0.337 e. The maximum atomic E-state index is 12.3. The lowest BCUT2D eigenvalue weighted by molar-refractivity contribution is 0.0795. The molecule has 18 heavy (non-hydrogen) atoms. The first kappa shape index (κ1) is 11.9. The number of thiophene rings is 2. The molecule has 1 amide bonds. The van der Waals surface area contributed by atoms with E-state index in [1.807, 2.05) is 23.3 Å². The van der Waals surface area contributed by atoms with Crippen LogP contribution in [0.2, 0.25) is 0 Å². The van der Waals surface area contributed by atoms with Crippen LogP contribution >= 0.6 is 22.7 Å². The molecule has 0 N–H and O–H groups in total. The number of carbonyl (C=O) groups is 1. The zero-order valence-corrected chi connectivity index (χ0v) is 11.9. The Morgan fingerprint density at radius 2 is 2.33 bits per heavy atom. The number of likely N-dealkylation sites (tertiary alicyclic amines) is 1. The first-order chi connectivity index (χ1) is 8.74. The van der Waals surface area contributed by atoms with Crippen molar-refractivity contribution in [1.29, 1.82) is 0 Å². The summed E-state index contributed by atoms with van der Waals surface area (Å²) in [6.07, 6.45) is 1.09. The number of nitrogens with zero attached hydrogens (tertiary/aromatic N) is 1. The molecule has 94 valence electrons. The van der Waals surface area contributed by atoms with Gasteiger partial charge in [0.1, 0.15) is 0 Å². The summed E-state index contributed by atoms with van der Waals surface area (Å²) in [4.78, 5) is 16.6. The first-order valence-electron chi connectivity index (χ1n) is 6.12. The van der Waals surface area contributed by atoms with Crippen LogP contribution in [0.4, 0.5) is 0 Å². The fourth-order valence-electron chi connectivity index (χ4n) is 2.40. The Labute approximate surface area is 115 Å². The van der Waals surface area contributed by atoms with Gasteiger partial charge >= 0.3 is 0 Å². The Hall–Kier alpha value is -1.13. The monoisotopic (exact) mass is 277 g/mol. The van der Waals surface area contributed by atoms with E-state index in [9.17, 15) is 4.79 Å². The molecule has 1 unspecified atom stereocenters. The van der Waals surface area contributed by atoms with Gasteiger partial charge in [-0.15, -0.1) is 22.7 Å². The van der Waals surface area contributed by atoms with Crippen molar-refractivity contribution >= 4 is 28.6 Å². The van der Waals surface area contributed by atoms with Gasteiger partial charge in [-0.25, -0.2) is 0 Å². The minimum absolute atomic E-state index is 0.201.